The Bertz CT molecular complexity index is 930. The van der Waals surface area contributed by atoms with E-state index in [0.717, 1.165) is 17.7 Å². The van der Waals surface area contributed by atoms with Crippen LogP contribution in [0.25, 0.3) is 0 Å². The molecule has 1 aliphatic heterocycles. The molecule has 1 heterocycles. The number of urea groups is 1. The van der Waals surface area contributed by atoms with Crippen molar-refractivity contribution in [1.29, 1.82) is 0 Å². The second-order valence-corrected chi connectivity index (χ2v) is 7.80. The number of aryl methyl sites for hydroxylation is 1. The lowest BCUT2D eigenvalue weighted by Crippen LogP contribution is -2.46. The lowest BCUT2D eigenvalue weighted by atomic mass is 9.87. The van der Waals surface area contributed by atoms with Crippen LogP contribution in [0.2, 0.25) is 0 Å². The number of carbonyl (C=O) groups excluding carboxylic acids is 3. The lowest BCUT2D eigenvalue weighted by Gasteiger charge is -2.26. The van der Waals surface area contributed by atoms with Crippen LogP contribution in [0.3, 0.4) is 0 Å². The molecule has 0 radical (unpaired) electrons. The van der Waals surface area contributed by atoms with Crippen LogP contribution in [0, 0.1) is 0 Å². The first kappa shape index (κ1) is 22.3. The highest BCUT2D eigenvalue weighted by atomic mass is 16.5. The first-order chi connectivity index (χ1) is 14.9. The fourth-order valence-electron chi connectivity index (χ4n) is 3.85. The number of hydrogen-bond acceptors (Lipinski definition) is 4. The number of amides is 4. The van der Waals surface area contributed by atoms with E-state index >= 15 is 0 Å². The molecule has 3 rings (SSSR count). The number of imide groups is 1. The van der Waals surface area contributed by atoms with Crippen LogP contribution in [0.15, 0.2) is 54.6 Å². The maximum atomic E-state index is 13.2. The summed E-state index contributed by atoms with van der Waals surface area (Å²) in [4.78, 5) is 39.3. The summed E-state index contributed by atoms with van der Waals surface area (Å²) in [6.45, 7) is 3.44. The Labute approximate surface area is 182 Å². The third-order valence-electron chi connectivity index (χ3n) is 5.71. The van der Waals surface area contributed by atoms with Crippen molar-refractivity contribution in [3.05, 3.63) is 65.7 Å². The molecule has 0 saturated carbocycles. The summed E-state index contributed by atoms with van der Waals surface area (Å²) >= 11 is 0. The van der Waals surface area contributed by atoms with Gasteiger partial charge in [-0.2, -0.15) is 0 Å². The smallest absolute Gasteiger partial charge is 0.325 e. The van der Waals surface area contributed by atoms with E-state index in [9.17, 15) is 14.4 Å². The number of carbonyl (C=O) groups is 3. The van der Waals surface area contributed by atoms with Crippen LogP contribution < -0.4 is 15.4 Å². The Morgan fingerprint density at radius 3 is 2.42 bits per heavy atom. The quantitative estimate of drug-likeness (QED) is 0.607. The normalized spacial score (nSPS) is 19.1. The van der Waals surface area contributed by atoms with E-state index in [4.69, 9.17) is 4.74 Å². The molecule has 164 valence electrons. The number of benzene rings is 2. The van der Waals surface area contributed by atoms with Gasteiger partial charge in [0.05, 0.1) is 7.11 Å². The van der Waals surface area contributed by atoms with Crippen molar-refractivity contribution in [3.8, 4) is 5.75 Å². The third kappa shape index (κ3) is 4.87. The molecule has 4 amide bonds. The van der Waals surface area contributed by atoms with E-state index in [1.54, 1.807) is 31.4 Å². The fraction of sp³-hybridized carbons (Fsp3) is 0.375. The molecule has 0 spiro atoms. The summed E-state index contributed by atoms with van der Waals surface area (Å²) in [6.07, 6.45) is 1.97. The van der Waals surface area contributed by atoms with Gasteiger partial charge in [0.2, 0.25) is 5.91 Å². The molecule has 1 saturated heterocycles. The number of methoxy groups -OCH3 is 1. The van der Waals surface area contributed by atoms with Gasteiger partial charge in [0.15, 0.2) is 0 Å². The number of hydrogen-bond donors (Lipinski definition) is 2. The van der Waals surface area contributed by atoms with Crippen molar-refractivity contribution < 1.29 is 19.1 Å². The fourth-order valence-corrected chi connectivity index (χ4v) is 3.85. The molecule has 0 aliphatic carbocycles. The van der Waals surface area contributed by atoms with Crippen molar-refractivity contribution in [2.75, 3.05) is 13.7 Å². The van der Waals surface area contributed by atoms with Gasteiger partial charge in [0.25, 0.3) is 5.91 Å². The van der Waals surface area contributed by atoms with Gasteiger partial charge < -0.3 is 15.4 Å². The maximum Gasteiger partial charge on any atom is 0.325 e. The Morgan fingerprint density at radius 2 is 1.81 bits per heavy atom. The minimum atomic E-state index is -1.18. The molecule has 2 atom stereocenters. The highest BCUT2D eigenvalue weighted by Gasteiger charge is 2.51. The third-order valence-corrected chi connectivity index (χ3v) is 5.71. The zero-order valence-electron chi connectivity index (χ0n) is 18.2. The lowest BCUT2D eigenvalue weighted by molar-refractivity contribution is -0.135. The zero-order chi connectivity index (χ0) is 22.4. The van der Waals surface area contributed by atoms with Crippen molar-refractivity contribution in [2.24, 2.45) is 0 Å². The standard InChI is InChI=1S/C24H29N3O4/c1-4-24(19-12-14-20(31-3)15-13-19)22(29)27(23(30)26-24)16-21(28)25-17(2)10-11-18-8-6-5-7-9-18/h5-9,12-15,17H,4,10-11,16H2,1-3H3,(H,25,28)(H,26,30). The minimum Gasteiger partial charge on any atom is -0.497 e. The SMILES string of the molecule is CCC1(c2ccc(OC)cc2)NC(=O)N(CC(=O)NC(C)CCc2ccccc2)C1=O. The Balaban J connectivity index is 1.62. The van der Waals surface area contributed by atoms with Crippen LogP contribution in [-0.4, -0.2) is 42.4 Å². The summed E-state index contributed by atoms with van der Waals surface area (Å²) in [5, 5.41) is 5.68. The average molecular weight is 424 g/mol. The van der Waals surface area contributed by atoms with Gasteiger partial charge in [0.1, 0.15) is 17.8 Å². The van der Waals surface area contributed by atoms with Crippen LogP contribution in [0.5, 0.6) is 5.75 Å². The zero-order valence-corrected chi connectivity index (χ0v) is 18.2. The molecular formula is C24H29N3O4. The second-order valence-electron chi connectivity index (χ2n) is 7.80. The van der Waals surface area contributed by atoms with Gasteiger partial charge in [0, 0.05) is 6.04 Å². The molecule has 0 aromatic heterocycles. The summed E-state index contributed by atoms with van der Waals surface area (Å²) in [5.41, 5.74) is 0.681. The molecule has 7 nitrogen and oxygen atoms in total. The van der Waals surface area contributed by atoms with Gasteiger partial charge in [-0.15, -0.1) is 0 Å². The van der Waals surface area contributed by atoms with E-state index in [1.165, 1.54) is 5.56 Å². The first-order valence-corrected chi connectivity index (χ1v) is 10.5. The predicted octanol–water partition coefficient (Wildman–Crippen LogP) is 2.99. The summed E-state index contributed by atoms with van der Waals surface area (Å²) in [7, 11) is 1.56. The first-order valence-electron chi connectivity index (χ1n) is 10.5. The Morgan fingerprint density at radius 1 is 1.13 bits per heavy atom. The topological polar surface area (TPSA) is 87.7 Å². The van der Waals surface area contributed by atoms with Crippen LogP contribution in [0.4, 0.5) is 4.79 Å². The molecule has 31 heavy (non-hydrogen) atoms. The molecule has 1 aliphatic rings. The van der Waals surface area contributed by atoms with Gasteiger partial charge in [-0.05, 0) is 49.4 Å². The van der Waals surface area contributed by atoms with Gasteiger partial charge in [-0.3, -0.25) is 14.5 Å². The highest BCUT2D eigenvalue weighted by molar-refractivity contribution is 6.09. The van der Waals surface area contributed by atoms with Crippen LogP contribution in [0.1, 0.15) is 37.8 Å². The molecule has 2 unspecified atom stereocenters. The predicted molar refractivity (Wildman–Crippen MR) is 118 cm³/mol. The summed E-state index contributed by atoms with van der Waals surface area (Å²) in [5.74, 6) is -0.115. The summed E-state index contributed by atoms with van der Waals surface area (Å²) < 4.78 is 5.17. The van der Waals surface area contributed by atoms with Crippen molar-refractivity contribution in [2.45, 2.75) is 44.7 Å². The average Bonchev–Trinajstić information content (AvgIpc) is 3.03. The highest BCUT2D eigenvalue weighted by Crippen LogP contribution is 2.33. The second kappa shape index (κ2) is 9.64. The van der Waals surface area contributed by atoms with Crippen molar-refractivity contribution in [3.63, 3.8) is 0 Å². The van der Waals surface area contributed by atoms with Crippen molar-refractivity contribution >= 4 is 17.8 Å². The van der Waals surface area contributed by atoms with Crippen molar-refractivity contribution in [1.82, 2.24) is 15.5 Å². The van der Waals surface area contributed by atoms with E-state index in [1.807, 2.05) is 44.2 Å². The Hall–Kier alpha value is -3.35. The Kier molecular flexibility index (Phi) is 6.95. The molecule has 7 heteroatoms. The molecule has 2 aromatic rings. The summed E-state index contributed by atoms with van der Waals surface area (Å²) in [6, 6.07) is 16.4. The number of ether oxygens (including phenoxy) is 1. The van der Waals surface area contributed by atoms with Crippen LogP contribution in [-0.2, 0) is 21.5 Å². The largest absolute Gasteiger partial charge is 0.497 e. The molecule has 2 N–H and O–H groups in total. The number of nitrogens with one attached hydrogen (secondary N) is 2. The molecule has 1 fully saturated rings. The van der Waals surface area contributed by atoms with Gasteiger partial charge >= 0.3 is 6.03 Å². The minimum absolute atomic E-state index is 0.0778. The molecule has 2 aromatic carbocycles. The van der Waals surface area contributed by atoms with Crippen LogP contribution >= 0.6 is 0 Å². The number of rotatable bonds is 9. The van der Waals surface area contributed by atoms with Gasteiger partial charge in [-0.1, -0.05) is 49.4 Å². The maximum absolute atomic E-state index is 13.2. The van der Waals surface area contributed by atoms with E-state index < -0.39 is 17.5 Å². The van der Waals surface area contributed by atoms with Gasteiger partial charge in [-0.25, -0.2) is 4.79 Å². The van der Waals surface area contributed by atoms with E-state index in [-0.39, 0.29) is 18.5 Å². The van der Waals surface area contributed by atoms with E-state index in [0.29, 0.717) is 17.7 Å². The van der Waals surface area contributed by atoms with E-state index in [2.05, 4.69) is 10.6 Å². The molecule has 0 bridgehead atoms. The molecular weight excluding hydrogens is 394 g/mol. The number of nitrogens with zero attached hydrogens (tertiary/aromatic N) is 1. The monoisotopic (exact) mass is 423 g/mol.